The van der Waals surface area contributed by atoms with Crippen LogP contribution in [0, 0.1) is 0 Å². The summed E-state index contributed by atoms with van der Waals surface area (Å²) in [7, 11) is 1.61. The van der Waals surface area contributed by atoms with Gasteiger partial charge < -0.3 is 9.84 Å². The summed E-state index contributed by atoms with van der Waals surface area (Å²) in [4.78, 5) is 11.6. The summed E-state index contributed by atoms with van der Waals surface area (Å²) in [5, 5.41) is 9.56. The third-order valence-corrected chi connectivity index (χ3v) is 4.26. The molecular formula is C16H22O3. The molecule has 0 fully saturated rings. The number of fused-ring (bicyclic) bond motifs is 1. The van der Waals surface area contributed by atoms with E-state index >= 15 is 0 Å². The highest BCUT2D eigenvalue weighted by atomic mass is 16.5. The summed E-state index contributed by atoms with van der Waals surface area (Å²) in [6.07, 6.45) is 5.14. The number of carbonyl (C=O) groups is 1. The van der Waals surface area contributed by atoms with E-state index in [0.29, 0.717) is 13.0 Å². The number of rotatable bonds is 5. The molecule has 0 saturated carbocycles. The maximum atomic E-state index is 11.6. The number of aryl methyl sites for hydroxylation is 2. The Morgan fingerprint density at radius 1 is 1.32 bits per heavy atom. The van der Waals surface area contributed by atoms with Crippen LogP contribution in [0.5, 0.6) is 0 Å². The Kier molecular flexibility index (Phi) is 4.25. The highest BCUT2D eigenvalue weighted by Crippen LogP contribution is 2.32. The molecule has 1 atom stereocenters. The van der Waals surface area contributed by atoms with E-state index in [1.54, 1.807) is 14.0 Å². The van der Waals surface area contributed by atoms with E-state index in [-0.39, 0.29) is 0 Å². The molecular weight excluding hydrogens is 240 g/mol. The second kappa shape index (κ2) is 5.74. The zero-order valence-corrected chi connectivity index (χ0v) is 11.7. The summed E-state index contributed by atoms with van der Waals surface area (Å²) < 4.78 is 5.06. The first-order chi connectivity index (χ1) is 9.08. The van der Waals surface area contributed by atoms with E-state index in [4.69, 9.17) is 4.74 Å². The monoisotopic (exact) mass is 262 g/mol. The van der Waals surface area contributed by atoms with E-state index in [0.717, 1.165) is 18.4 Å². The number of hydrogen-bond acceptors (Lipinski definition) is 2. The topological polar surface area (TPSA) is 46.5 Å². The lowest BCUT2D eigenvalue weighted by atomic mass is 9.77. The number of benzene rings is 1. The average Bonchev–Trinajstić information content (AvgIpc) is 2.44. The summed E-state index contributed by atoms with van der Waals surface area (Å²) in [5.41, 5.74) is 2.75. The Morgan fingerprint density at radius 2 is 2.00 bits per heavy atom. The molecule has 0 radical (unpaired) electrons. The largest absolute Gasteiger partial charge is 0.481 e. The van der Waals surface area contributed by atoms with Gasteiger partial charge >= 0.3 is 5.97 Å². The minimum atomic E-state index is -0.859. The third-order valence-electron chi connectivity index (χ3n) is 4.26. The summed E-state index contributed by atoms with van der Waals surface area (Å²) in [5.74, 6) is -0.777. The SMILES string of the molecule is COCCC(C)(C(=O)O)c1ccc2c(c1)CCCC2. The summed E-state index contributed by atoms with van der Waals surface area (Å²) >= 11 is 0. The van der Waals surface area contributed by atoms with Crippen molar-refractivity contribution in [3.63, 3.8) is 0 Å². The standard InChI is InChI=1S/C16H22O3/c1-16(15(17)18,9-10-19-2)14-8-7-12-5-3-4-6-13(12)11-14/h7-8,11H,3-6,9-10H2,1-2H3,(H,17,18). The van der Waals surface area contributed by atoms with Crippen molar-refractivity contribution in [3.05, 3.63) is 34.9 Å². The molecule has 0 saturated heterocycles. The Morgan fingerprint density at radius 3 is 2.63 bits per heavy atom. The van der Waals surface area contributed by atoms with Crippen LogP contribution in [0.4, 0.5) is 0 Å². The van der Waals surface area contributed by atoms with Gasteiger partial charge in [-0.15, -0.1) is 0 Å². The molecule has 0 aromatic heterocycles. The van der Waals surface area contributed by atoms with Gasteiger partial charge in [-0.05, 0) is 55.7 Å². The summed E-state index contributed by atoms with van der Waals surface area (Å²) in [6, 6.07) is 6.18. The molecule has 19 heavy (non-hydrogen) atoms. The molecule has 1 N–H and O–H groups in total. The fourth-order valence-electron chi connectivity index (χ4n) is 2.76. The number of methoxy groups -OCH3 is 1. The van der Waals surface area contributed by atoms with Crippen molar-refractivity contribution >= 4 is 5.97 Å². The second-order valence-electron chi connectivity index (χ2n) is 5.57. The molecule has 104 valence electrons. The van der Waals surface area contributed by atoms with Gasteiger partial charge in [0, 0.05) is 13.7 Å². The summed E-state index contributed by atoms with van der Waals surface area (Å²) in [6.45, 7) is 2.25. The zero-order chi connectivity index (χ0) is 13.9. The first kappa shape index (κ1) is 14.1. The number of hydrogen-bond donors (Lipinski definition) is 1. The van der Waals surface area contributed by atoms with Crippen molar-refractivity contribution in [1.29, 1.82) is 0 Å². The number of carboxylic acids is 1. The highest BCUT2D eigenvalue weighted by molar-refractivity contribution is 5.81. The molecule has 1 aliphatic carbocycles. The molecule has 2 rings (SSSR count). The predicted molar refractivity (Wildman–Crippen MR) is 74.6 cm³/mol. The molecule has 0 bridgehead atoms. The van der Waals surface area contributed by atoms with E-state index in [1.165, 1.54) is 24.0 Å². The average molecular weight is 262 g/mol. The second-order valence-corrected chi connectivity index (χ2v) is 5.57. The molecule has 3 nitrogen and oxygen atoms in total. The fraction of sp³-hybridized carbons (Fsp3) is 0.562. The predicted octanol–water partition coefficient (Wildman–Crippen LogP) is 2.94. The van der Waals surface area contributed by atoms with Gasteiger partial charge in [0.15, 0.2) is 0 Å². The van der Waals surface area contributed by atoms with Crippen molar-refractivity contribution in [3.8, 4) is 0 Å². The first-order valence-electron chi connectivity index (χ1n) is 6.92. The number of carboxylic acid groups (broad SMARTS) is 1. The van der Waals surface area contributed by atoms with Gasteiger partial charge in [0.05, 0.1) is 5.41 Å². The Hall–Kier alpha value is -1.35. The zero-order valence-electron chi connectivity index (χ0n) is 11.7. The van der Waals surface area contributed by atoms with Crippen molar-refractivity contribution in [2.75, 3.05) is 13.7 Å². The molecule has 0 aliphatic heterocycles. The molecule has 1 unspecified atom stereocenters. The van der Waals surface area contributed by atoms with Gasteiger partial charge in [0.2, 0.25) is 0 Å². The number of aliphatic carboxylic acids is 1. The molecule has 0 spiro atoms. The molecule has 1 aliphatic rings. The van der Waals surface area contributed by atoms with E-state index in [9.17, 15) is 9.90 Å². The van der Waals surface area contributed by atoms with Gasteiger partial charge in [0.25, 0.3) is 0 Å². The van der Waals surface area contributed by atoms with Crippen LogP contribution in [-0.2, 0) is 27.8 Å². The van der Waals surface area contributed by atoms with E-state index in [2.05, 4.69) is 12.1 Å². The normalized spacial score (nSPS) is 17.6. The Labute approximate surface area is 114 Å². The maximum absolute atomic E-state index is 11.6. The minimum absolute atomic E-state index is 0.458. The van der Waals surface area contributed by atoms with Crippen molar-refractivity contribution < 1.29 is 14.6 Å². The van der Waals surface area contributed by atoms with Gasteiger partial charge in [-0.25, -0.2) is 0 Å². The molecule has 1 aromatic carbocycles. The van der Waals surface area contributed by atoms with Gasteiger partial charge in [-0.3, -0.25) is 4.79 Å². The maximum Gasteiger partial charge on any atom is 0.313 e. The van der Waals surface area contributed by atoms with Crippen LogP contribution in [0.2, 0.25) is 0 Å². The first-order valence-corrected chi connectivity index (χ1v) is 6.92. The molecule has 3 heteroatoms. The lowest BCUT2D eigenvalue weighted by molar-refractivity contribution is -0.143. The van der Waals surface area contributed by atoms with Crippen LogP contribution >= 0.6 is 0 Å². The Balaban J connectivity index is 2.34. The van der Waals surface area contributed by atoms with Crippen LogP contribution in [0.1, 0.15) is 42.9 Å². The Bertz CT molecular complexity index is 467. The van der Waals surface area contributed by atoms with Crippen molar-refractivity contribution in [2.45, 2.75) is 44.4 Å². The van der Waals surface area contributed by atoms with Crippen molar-refractivity contribution in [1.82, 2.24) is 0 Å². The van der Waals surface area contributed by atoms with Crippen LogP contribution in [0.25, 0.3) is 0 Å². The van der Waals surface area contributed by atoms with Crippen molar-refractivity contribution in [2.24, 2.45) is 0 Å². The molecule has 0 amide bonds. The lowest BCUT2D eigenvalue weighted by Gasteiger charge is -2.27. The lowest BCUT2D eigenvalue weighted by Crippen LogP contribution is -2.34. The quantitative estimate of drug-likeness (QED) is 0.887. The fourth-order valence-corrected chi connectivity index (χ4v) is 2.76. The minimum Gasteiger partial charge on any atom is -0.481 e. The van der Waals surface area contributed by atoms with Crippen LogP contribution in [0.15, 0.2) is 18.2 Å². The number of ether oxygens (including phenoxy) is 1. The van der Waals surface area contributed by atoms with Gasteiger partial charge in [-0.1, -0.05) is 18.2 Å². The highest BCUT2D eigenvalue weighted by Gasteiger charge is 2.35. The third kappa shape index (κ3) is 2.81. The van der Waals surface area contributed by atoms with Crippen LogP contribution < -0.4 is 0 Å². The van der Waals surface area contributed by atoms with E-state index in [1.807, 2.05) is 6.07 Å². The molecule has 1 aromatic rings. The van der Waals surface area contributed by atoms with Crippen LogP contribution in [-0.4, -0.2) is 24.8 Å². The van der Waals surface area contributed by atoms with E-state index < -0.39 is 11.4 Å². The molecule has 0 heterocycles. The van der Waals surface area contributed by atoms with Gasteiger partial charge in [0.1, 0.15) is 0 Å². The smallest absolute Gasteiger partial charge is 0.313 e. The van der Waals surface area contributed by atoms with Crippen LogP contribution in [0.3, 0.4) is 0 Å². The van der Waals surface area contributed by atoms with Gasteiger partial charge in [-0.2, -0.15) is 0 Å².